The number of H-pyrrole nitrogens is 1. The number of carbonyl (C=O) groups excluding carboxylic acids is 6. The van der Waals surface area contributed by atoms with Crippen molar-refractivity contribution in [3.63, 3.8) is 0 Å². The summed E-state index contributed by atoms with van der Waals surface area (Å²) in [5.74, 6) is -1.93. The first kappa shape index (κ1) is 71.1. The molecule has 1 aromatic heterocycles. The van der Waals surface area contributed by atoms with E-state index in [2.05, 4.69) is 119 Å². The van der Waals surface area contributed by atoms with Gasteiger partial charge in [0.2, 0.25) is 5.91 Å². The number of aliphatic imine (C=N–C) groups is 1. The van der Waals surface area contributed by atoms with Gasteiger partial charge in [-0.2, -0.15) is 0 Å². The first-order valence-corrected chi connectivity index (χ1v) is 29.4. The van der Waals surface area contributed by atoms with Gasteiger partial charge in [0.05, 0.1) is 17.7 Å². The summed E-state index contributed by atoms with van der Waals surface area (Å²) in [6, 6.07) is 0. The van der Waals surface area contributed by atoms with Crippen LogP contribution in [-0.2, 0) is 57.7 Å². The monoisotopic (exact) mass is 1170 g/mol. The van der Waals surface area contributed by atoms with Crippen LogP contribution in [0.5, 0.6) is 0 Å². The average molecular weight is 1170 g/mol. The maximum absolute atomic E-state index is 15.3. The minimum atomic E-state index is -0.808. The molecule has 0 aromatic carbocycles. The van der Waals surface area contributed by atoms with Crippen LogP contribution >= 0.6 is 11.8 Å². The summed E-state index contributed by atoms with van der Waals surface area (Å²) in [5.41, 5.74) is 1.21. The van der Waals surface area contributed by atoms with Crippen LogP contribution in [0.15, 0.2) is 34.0 Å². The average Bonchev–Trinajstić information content (AvgIpc) is 3.81. The zero-order valence-corrected chi connectivity index (χ0v) is 56.8. The number of nitrogens with one attached hydrogen (secondary N) is 2. The van der Waals surface area contributed by atoms with Gasteiger partial charge in [-0.15, -0.1) is 11.8 Å². The number of ether oxygens (including phenoxy) is 3. The van der Waals surface area contributed by atoms with Crippen molar-refractivity contribution in [2.45, 2.75) is 215 Å². The summed E-state index contributed by atoms with van der Waals surface area (Å²) in [6.07, 6.45) is 4.62. The molecule has 4 N–H and O–H groups in total. The van der Waals surface area contributed by atoms with Gasteiger partial charge in [-0.3, -0.25) is 9.59 Å². The van der Waals surface area contributed by atoms with E-state index in [4.69, 9.17) is 29.4 Å². The van der Waals surface area contributed by atoms with E-state index in [1.165, 1.54) is 18.7 Å². The topological polar surface area (TPSA) is 207 Å². The quantitative estimate of drug-likeness (QED) is 0.0450. The summed E-state index contributed by atoms with van der Waals surface area (Å²) in [6.45, 7) is 52.7. The molecule has 16 heteroatoms. The number of esters is 3. The van der Waals surface area contributed by atoms with Crippen LogP contribution in [0.2, 0.25) is 0 Å². The number of hydrogen-bond acceptors (Lipinski definition) is 10. The summed E-state index contributed by atoms with van der Waals surface area (Å²) < 4.78 is 19.0. The third-order valence-corrected chi connectivity index (χ3v) is 16.7. The van der Waals surface area contributed by atoms with E-state index in [0.717, 1.165) is 25.7 Å². The number of anilines is 1. The van der Waals surface area contributed by atoms with Crippen molar-refractivity contribution in [1.29, 1.82) is 0 Å². The minimum absolute atomic E-state index is 0. The van der Waals surface area contributed by atoms with Gasteiger partial charge in [0.1, 0.15) is 30.2 Å². The maximum atomic E-state index is 15.3. The number of nitrogens with zero attached hydrogens (tertiary/aromatic N) is 2. The van der Waals surface area contributed by atoms with E-state index in [0.29, 0.717) is 40.1 Å². The predicted octanol–water partition coefficient (Wildman–Crippen LogP) is 14.2. The zero-order chi connectivity index (χ0) is 60.1. The molecule has 2 aliphatic carbocycles. The Morgan fingerprint density at radius 2 is 1.15 bits per heavy atom. The normalized spacial score (nSPS) is 24.5. The van der Waals surface area contributed by atoms with E-state index in [1.54, 1.807) is 19.9 Å². The number of amides is 2. The molecular formula is C63H102N4O10SZn+2. The van der Waals surface area contributed by atoms with Gasteiger partial charge in [-0.05, 0) is 114 Å². The third-order valence-electron chi connectivity index (χ3n) is 15.6. The molecule has 2 heterocycles. The van der Waals surface area contributed by atoms with Crippen molar-refractivity contribution in [1.82, 2.24) is 4.98 Å². The number of carbonyl (C=O) groups is 6. The second-order valence-corrected chi connectivity index (χ2v) is 30.1. The van der Waals surface area contributed by atoms with Crippen molar-refractivity contribution < 1.29 is 67.6 Å². The molecule has 0 radical (unpaired) electrons. The van der Waals surface area contributed by atoms with Gasteiger partial charge in [0, 0.05) is 50.9 Å². The van der Waals surface area contributed by atoms with Crippen molar-refractivity contribution >= 4 is 65.2 Å². The van der Waals surface area contributed by atoms with Gasteiger partial charge in [-0.25, -0.2) is 14.4 Å². The Balaban J connectivity index is 0.00000412. The number of amidine groups is 1. The standard InChI is InChI=1S/C61H98N4O8S.C2H4O2.Zn/c1-32(2)44-42(31-43-45(33(3)4)47(51(63-43)65-56(70)61(22,23)24)55(69)73-49-40(59(16,17)18)29-36(8)30-41(49)60(19,20)21)62-50(64-52(66)37(9)74-26-25-71-53(67)34(5)6)46(44)54(68)72-48-38(57(10,11)12)27-35(7)28-39(48)58(13,14)15;1-2(3)4;/h31-33,35-41,48-49H,5,25-30H2,1-4,6-24H3,(H3,62,63,64,65,66,68,69,70);1H3,(H,3,4);/q;;+2. The molecule has 440 valence electrons. The largest absolute Gasteiger partial charge is 2.00 e. The SMILES string of the molecule is C=C(C)C(=O)OCCSC(C)C(=O)N=C1[N-]C(=Cc2[nH]c(NC(=O)C(C)(C)C)c(C(=O)OC3C(C(C)(C)C)CC(C)CC3C(C)(C)C)c2C(C)C)C(C(C)C)=C1C(=O)OC1C(C(C)(C)C)CC(C)CC1C(C)(C)C.CC(=O)[OH2+].[Zn+2]. The van der Waals surface area contributed by atoms with Gasteiger partial charge in [-0.1, -0.05) is 152 Å². The fraction of sp³-hybridized carbons (Fsp3) is 0.730. The summed E-state index contributed by atoms with van der Waals surface area (Å²) in [4.78, 5) is 88.0. The summed E-state index contributed by atoms with van der Waals surface area (Å²) in [7, 11) is 0. The van der Waals surface area contributed by atoms with E-state index < -0.39 is 46.6 Å². The molecule has 2 saturated carbocycles. The summed E-state index contributed by atoms with van der Waals surface area (Å²) >= 11 is 1.27. The van der Waals surface area contributed by atoms with Crippen LogP contribution in [0.3, 0.4) is 0 Å². The summed E-state index contributed by atoms with van der Waals surface area (Å²) in [5, 5.41) is 13.4. The fourth-order valence-electron chi connectivity index (χ4n) is 11.3. The Hall–Kier alpha value is -4.04. The second kappa shape index (κ2) is 27.8. The van der Waals surface area contributed by atoms with Crippen molar-refractivity contribution in [3.8, 4) is 0 Å². The predicted molar refractivity (Wildman–Crippen MR) is 318 cm³/mol. The Morgan fingerprint density at radius 3 is 1.52 bits per heavy atom. The van der Waals surface area contributed by atoms with Gasteiger partial charge in [0.15, 0.2) is 5.91 Å². The molecule has 2 fully saturated rings. The van der Waals surface area contributed by atoms with Gasteiger partial charge >= 0.3 is 43.4 Å². The number of allylic oxidation sites excluding steroid dienone is 1. The van der Waals surface area contributed by atoms with Crippen LogP contribution in [0.4, 0.5) is 5.82 Å². The van der Waals surface area contributed by atoms with Crippen LogP contribution in [-0.4, -0.2) is 81.4 Å². The fourth-order valence-corrected chi connectivity index (χ4v) is 12.0. The minimum Gasteiger partial charge on any atom is -0.565 e. The number of aromatic nitrogens is 1. The van der Waals surface area contributed by atoms with E-state index in [1.807, 2.05) is 48.5 Å². The van der Waals surface area contributed by atoms with Crippen LogP contribution in [0.25, 0.3) is 11.4 Å². The Labute approximate surface area is 492 Å². The van der Waals surface area contributed by atoms with Crippen LogP contribution in [0.1, 0.15) is 219 Å². The molecule has 4 rings (SSSR count). The first-order valence-electron chi connectivity index (χ1n) is 28.4. The van der Waals surface area contributed by atoms with Crippen molar-refractivity contribution in [3.05, 3.63) is 51.1 Å². The molecule has 5 atom stereocenters. The Kier molecular flexibility index (Phi) is 25.0. The third kappa shape index (κ3) is 19.3. The van der Waals surface area contributed by atoms with Crippen LogP contribution < -0.4 is 5.32 Å². The van der Waals surface area contributed by atoms with E-state index >= 15 is 9.59 Å². The number of thioether (sulfide) groups is 1. The number of hydrogen-bond donors (Lipinski definition) is 2. The molecule has 5 unspecified atom stereocenters. The van der Waals surface area contributed by atoms with Gasteiger partial charge < -0.3 is 39.9 Å². The van der Waals surface area contributed by atoms with Gasteiger partial charge in [0.25, 0.3) is 0 Å². The van der Waals surface area contributed by atoms with Crippen LogP contribution in [0, 0.1) is 68.5 Å². The molecular weight excluding hydrogens is 1070 g/mol. The first-order chi connectivity index (χ1) is 35.4. The molecule has 1 aliphatic heterocycles. The number of rotatable bonds is 14. The smallest absolute Gasteiger partial charge is 0.565 e. The number of aromatic amines is 1. The molecule has 0 bridgehead atoms. The van der Waals surface area contributed by atoms with Crippen molar-refractivity contribution in [2.75, 3.05) is 17.7 Å². The molecule has 3 aliphatic rings. The van der Waals surface area contributed by atoms with Crippen molar-refractivity contribution in [2.24, 2.45) is 73.5 Å². The maximum Gasteiger partial charge on any atom is 2.00 e. The molecule has 14 nitrogen and oxygen atoms in total. The zero-order valence-electron chi connectivity index (χ0n) is 53.1. The molecule has 0 saturated heterocycles. The molecule has 2 amide bonds. The van der Waals surface area contributed by atoms with E-state index in [9.17, 15) is 14.4 Å². The molecule has 1 aromatic rings. The molecule has 79 heavy (non-hydrogen) atoms. The second-order valence-electron chi connectivity index (χ2n) is 28.7. The van der Waals surface area contributed by atoms with E-state index in [-0.39, 0.29) is 124 Å². The Morgan fingerprint density at radius 1 is 0.734 bits per heavy atom. The Bertz CT molecular complexity index is 2410. The molecule has 0 spiro atoms.